The minimum Gasteiger partial charge on any atom is -0.481 e. The standard InChI is InChI=1S/C25H23Cl2N5O2/c1-33-24-14(11-28)9-10-19(31-24)17-7-3-5-15(22(17)26)16-6-4-8-18(23(16)27)21-13-30-20(12-29)25(32-21)34-2/h3-10,13H,11-12,28-29H2,1-2H3. The Morgan fingerprint density at radius 3 is 1.82 bits per heavy atom. The van der Waals surface area contributed by atoms with Gasteiger partial charge in [0.25, 0.3) is 0 Å². The summed E-state index contributed by atoms with van der Waals surface area (Å²) in [6, 6.07) is 15.1. The summed E-state index contributed by atoms with van der Waals surface area (Å²) in [5, 5.41) is 1.00. The van der Waals surface area contributed by atoms with Gasteiger partial charge in [-0.15, -0.1) is 0 Å². The van der Waals surface area contributed by atoms with Gasteiger partial charge in [0, 0.05) is 40.9 Å². The number of rotatable bonds is 7. The van der Waals surface area contributed by atoms with Crippen molar-refractivity contribution >= 4 is 23.2 Å². The van der Waals surface area contributed by atoms with E-state index in [9.17, 15) is 0 Å². The highest BCUT2D eigenvalue weighted by molar-refractivity contribution is 6.39. The molecule has 0 aliphatic carbocycles. The third kappa shape index (κ3) is 4.43. The van der Waals surface area contributed by atoms with Gasteiger partial charge in [-0.25, -0.2) is 9.97 Å². The molecule has 4 rings (SSSR count). The molecule has 0 saturated carbocycles. The summed E-state index contributed by atoms with van der Waals surface area (Å²) >= 11 is 13.7. The number of nitrogens with two attached hydrogens (primary N) is 2. The summed E-state index contributed by atoms with van der Waals surface area (Å²) in [6.45, 7) is 0.546. The van der Waals surface area contributed by atoms with Gasteiger partial charge >= 0.3 is 0 Å². The summed E-state index contributed by atoms with van der Waals surface area (Å²) in [5.74, 6) is 0.831. The first kappa shape index (κ1) is 23.9. The van der Waals surface area contributed by atoms with Crippen molar-refractivity contribution in [2.75, 3.05) is 14.2 Å². The Morgan fingerprint density at radius 2 is 1.26 bits per heavy atom. The average Bonchev–Trinajstić information content (AvgIpc) is 2.88. The van der Waals surface area contributed by atoms with E-state index in [0.29, 0.717) is 51.0 Å². The lowest BCUT2D eigenvalue weighted by Crippen LogP contribution is -2.05. The smallest absolute Gasteiger partial charge is 0.237 e. The van der Waals surface area contributed by atoms with Gasteiger partial charge < -0.3 is 20.9 Å². The van der Waals surface area contributed by atoms with Gasteiger partial charge in [-0.05, 0) is 6.07 Å². The van der Waals surface area contributed by atoms with Crippen LogP contribution in [0.3, 0.4) is 0 Å². The number of pyridine rings is 1. The molecular formula is C25H23Cl2N5O2. The van der Waals surface area contributed by atoms with Crippen LogP contribution in [-0.4, -0.2) is 29.2 Å². The fourth-order valence-electron chi connectivity index (χ4n) is 3.66. The molecule has 0 radical (unpaired) electrons. The molecule has 0 saturated heterocycles. The molecule has 0 atom stereocenters. The second-order valence-electron chi connectivity index (χ2n) is 7.32. The maximum Gasteiger partial charge on any atom is 0.237 e. The third-order valence-corrected chi connectivity index (χ3v) is 6.20. The van der Waals surface area contributed by atoms with E-state index in [2.05, 4.69) is 15.0 Å². The van der Waals surface area contributed by atoms with Gasteiger partial charge in [0.15, 0.2) is 0 Å². The molecule has 4 N–H and O–H groups in total. The number of ether oxygens (including phenoxy) is 2. The van der Waals surface area contributed by atoms with Gasteiger partial charge in [-0.1, -0.05) is 65.7 Å². The molecule has 34 heavy (non-hydrogen) atoms. The maximum atomic E-state index is 6.88. The highest BCUT2D eigenvalue weighted by Gasteiger charge is 2.18. The number of hydrogen-bond donors (Lipinski definition) is 2. The monoisotopic (exact) mass is 495 g/mol. The summed E-state index contributed by atoms with van der Waals surface area (Å²) in [7, 11) is 3.09. The van der Waals surface area contributed by atoms with Crippen molar-refractivity contribution in [3.8, 4) is 45.4 Å². The van der Waals surface area contributed by atoms with Crippen molar-refractivity contribution in [1.82, 2.24) is 15.0 Å². The zero-order valence-electron chi connectivity index (χ0n) is 18.7. The van der Waals surface area contributed by atoms with Gasteiger partial charge in [0.2, 0.25) is 11.8 Å². The Kier molecular flexibility index (Phi) is 7.29. The van der Waals surface area contributed by atoms with E-state index >= 15 is 0 Å². The van der Waals surface area contributed by atoms with E-state index in [1.807, 2.05) is 48.5 Å². The van der Waals surface area contributed by atoms with Gasteiger partial charge in [-0.3, -0.25) is 4.98 Å². The number of hydrogen-bond acceptors (Lipinski definition) is 7. The second-order valence-corrected chi connectivity index (χ2v) is 8.07. The van der Waals surface area contributed by atoms with E-state index in [4.69, 9.17) is 44.1 Å². The van der Waals surface area contributed by atoms with Crippen LogP contribution in [0.1, 0.15) is 11.3 Å². The molecule has 9 heteroatoms. The van der Waals surface area contributed by atoms with Crippen LogP contribution in [0.15, 0.2) is 54.7 Å². The first-order valence-corrected chi connectivity index (χ1v) is 11.2. The van der Waals surface area contributed by atoms with Gasteiger partial charge in [0.1, 0.15) is 5.69 Å². The van der Waals surface area contributed by atoms with Crippen molar-refractivity contribution in [3.05, 3.63) is 76.0 Å². The molecule has 0 fully saturated rings. The summed E-state index contributed by atoms with van der Waals surface area (Å²) in [4.78, 5) is 13.5. The summed E-state index contributed by atoms with van der Waals surface area (Å²) < 4.78 is 10.7. The minimum absolute atomic E-state index is 0.220. The van der Waals surface area contributed by atoms with E-state index < -0.39 is 0 Å². The molecule has 2 heterocycles. The SMILES string of the molecule is COc1nc(-c2cccc(-c3cccc(-c4cnc(CN)c(OC)n4)c3Cl)c2Cl)ccc1CN. The van der Waals surface area contributed by atoms with Crippen LogP contribution in [0.25, 0.3) is 33.6 Å². The first-order chi connectivity index (χ1) is 16.5. The Balaban J connectivity index is 1.82. The molecule has 2 aromatic carbocycles. The Bertz CT molecular complexity index is 1240. The third-order valence-electron chi connectivity index (χ3n) is 5.39. The van der Waals surface area contributed by atoms with Gasteiger partial charge in [-0.2, -0.15) is 0 Å². The predicted molar refractivity (Wildman–Crippen MR) is 135 cm³/mol. The quantitative estimate of drug-likeness (QED) is 0.366. The van der Waals surface area contributed by atoms with E-state index in [-0.39, 0.29) is 6.54 Å². The molecule has 4 aromatic rings. The van der Waals surface area contributed by atoms with Crippen molar-refractivity contribution in [1.29, 1.82) is 0 Å². The molecule has 2 aromatic heterocycles. The van der Waals surface area contributed by atoms with E-state index in [1.54, 1.807) is 13.3 Å². The second kappa shape index (κ2) is 10.4. The lowest BCUT2D eigenvalue weighted by Gasteiger charge is -2.15. The zero-order chi connectivity index (χ0) is 24.2. The molecule has 7 nitrogen and oxygen atoms in total. The lowest BCUT2D eigenvalue weighted by molar-refractivity contribution is 0.390. The Morgan fingerprint density at radius 1 is 0.706 bits per heavy atom. The van der Waals surface area contributed by atoms with Crippen LogP contribution in [0.4, 0.5) is 0 Å². The summed E-state index contributed by atoms with van der Waals surface area (Å²) in [6.07, 6.45) is 1.63. The lowest BCUT2D eigenvalue weighted by atomic mass is 9.98. The van der Waals surface area contributed by atoms with E-state index in [1.165, 1.54) is 7.11 Å². The van der Waals surface area contributed by atoms with Crippen LogP contribution < -0.4 is 20.9 Å². The largest absolute Gasteiger partial charge is 0.481 e. The van der Waals surface area contributed by atoms with Crippen LogP contribution >= 0.6 is 23.2 Å². The topological polar surface area (TPSA) is 109 Å². The molecule has 0 amide bonds. The van der Waals surface area contributed by atoms with Crippen LogP contribution in [0.2, 0.25) is 10.0 Å². The normalized spacial score (nSPS) is 10.9. The first-order valence-electron chi connectivity index (χ1n) is 10.4. The predicted octanol–water partition coefficient (Wildman–Crippen LogP) is 5.11. The molecule has 0 bridgehead atoms. The van der Waals surface area contributed by atoms with Crippen LogP contribution in [-0.2, 0) is 13.1 Å². The van der Waals surface area contributed by atoms with Crippen molar-refractivity contribution < 1.29 is 9.47 Å². The van der Waals surface area contributed by atoms with Crippen molar-refractivity contribution in [2.24, 2.45) is 11.5 Å². The van der Waals surface area contributed by atoms with Crippen LogP contribution in [0.5, 0.6) is 11.8 Å². The summed E-state index contributed by atoms with van der Waals surface area (Å²) in [5.41, 5.74) is 17.1. The Hall–Kier alpha value is -3.23. The molecular weight excluding hydrogens is 473 g/mol. The highest BCUT2D eigenvalue weighted by atomic mass is 35.5. The number of halogens is 2. The number of aromatic nitrogens is 3. The van der Waals surface area contributed by atoms with Crippen LogP contribution in [0, 0.1) is 0 Å². The molecule has 0 aliphatic heterocycles. The number of nitrogens with zero attached hydrogens (tertiary/aromatic N) is 3. The highest BCUT2D eigenvalue weighted by Crippen LogP contribution is 2.42. The fourth-order valence-corrected chi connectivity index (χ4v) is 4.31. The zero-order valence-corrected chi connectivity index (χ0v) is 20.2. The maximum absolute atomic E-state index is 6.88. The van der Waals surface area contributed by atoms with Crippen molar-refractivity contribution in [3.63, 3.8) is 0 Å². The molecule has 0 unspecified atom stereocenters. The van der Waals surface area contributed by atoms with Crippen molar-refractivity contribution in [2.45, 2.75) is 13.1 Å². The molecule has 0 aliphatic rings. The molecule has 174 valence electrons. The Labute approximate surface area is 207 Å². The van der Waals surface area contributed by atoms with E-state index in [0.717, 1.165) is 22.3 Å². The number of benzene rings is 2. The fraction of sp³-hybridized carbons (Fsp3) is 0.160. The average molecular weight is 496 g/mol. The van der Waals surface area contributed by atoms with Gasteiger partial charge in [0.05, 0.1) is 41.8 Å². The minimum atomic E-state index is 0.220. The number of methoxy groups -OCH3 is 2. The molecule has 0 spiro atoms.